The van der Waals surface area contributed by atoms with Crippen LogP contribution in [0.5, 0.6) is 11.5 Å². The fraction of sp³-hybridized carbons (Fsp3) is 0.561. The number of benzene rings is 2. The lowest BCUT2D eigenvalue weighted by Gasteiger charge is -2.39. The average Bonchev–Trinajstić information content (AvgIpc) is 3.92. The predicted molar refractivity (Wildman–Crippen MR) is 222 cm³/mol. The lowest BCUT2D eigenvalue weighted by Crippen LogP contribution is -2.49. The van der Waals surface area contributed by atoms with Crippen LogP contribution in [0.1, 0.15) is 88.7 Å². The van der Waals surface area contributed by atoms with E-state index in [0.717, 1.165) is 37.3 Å². The van der Waals surface area contributed by atoms with Crippen LogP contribution >= 0.6 is 15.0 Å². The quantitative estimate of drug-likeness (QED) is 0.103. The van der Waals surface area contributed by atoms with Crippen molar-refractivity contribution >= 4 is 49.9 Å². The molecule has 2 aromatic carbocycles. The van der Waals surface area contributed by atoms with Crippen LogP contribution in [0.15, 0.2) is 41.3 Å². The summed E-state index contributed by atoms with van der Waals surface area (Å²) in [6.07, 6.45) is 4.89. The zero-order chi connectivity index (χ0) is 43.3. The van der Waals surface area contributed by atoms with Gasteiger partial charge in [-0.15, -0.1) is 0 Å². The summed E-state index contributed by atoms with van der Waals surface area (Å²) in [4.78, 5) is 53.7. The Morgan fingerprint density at radius 3 is 2.27 bits per heavy atom. The molecule has 6 rings (SSSR count). The van der Waals surface area contributed by atoms with Crippen molar-refractivity contribution in [3.63, 3.8) is 0 Å². The number of anilines is 1. The Kier molecular flexibility index (Phi) is 14.9. The second-order valence-electron chi connectivity index (χ2n) is 15.7. The van der Waals surface area contributed by atoms with Crippen LogP contribution in [-0.2, 0) is 37.7 Å². The van der Waals surface area contributed by atoms with Gasteiger partial charge in [0.2, 0.25) is 18.7 Å². The largest absolute Gasteiger partial charge is 0.492 e. The second kappa shape index (κ2) is 19.1. The molecule has 3 aliphatic rings. The molecule has 2 aliphatic heterocycles. The van der Waals surface area contributed by atoms with Gasteiger partial charge in [-0.2, -0.15) is 0 Å². The van der Waals surface area contributed by atoms with Crippen LogP contribution in [-0.4, -0.2) is 98.1 Å². The van der Waals surface area contributed by atoms with Crippen molar-refractivity contribution in [2.45, 2.75) is 84.2 Å². The number of hydrogen-bond donors (Lipinski definition) is 1. The Labute approximate surface area is 344 Å². The van der Waals surface area contributed by atoms with Gasteiger partial charge in [-0.25, -0.2) is 9.18 Å². The summed E-state index contributed by atoms with van der Waals surface area (Å²) >= 11 is 0. The number of piperidine rings is 1. The van der Waals surface area contributed by atoms with Gasteiger partial charge >= 0.3 is 13.6 Å². The number of carbonyl (C=O) groups is 3. The smallest absolute Gasteiger partial charge is 0.341 e. The van der Waals surface area contributed by atoms with Gasteiger partial charge < -0.3 is 42.5 Å². The Hall–Kier alpha value is -4.07. The number of para-hydroxylation sites is 1. The molecule has 1 N–H and O–H groups in total. The third-order valence-electron chi connectivity index (χ3n) is 10.9. The Morgan fingerprint density at radius 2 is 1.68 bits per heavy atom. The number of pyridine rings is 1. The van der Waals surface area contributed by atoms with Gasteiger partial charge in [-0.05, 0) is 64.5 Å². The molecular weight excluding hydrogens is 807 g/mol. The number of hydrogen-bond acceptors (Lipinski definition) is 12. The predicted octanol–water partition coefficient (Wildman–Crippen LogP) is 7.67. The van der Waals surface area contributed by atoms with Crippen molar-refractivity contribution in [1.29, 1.82) is 0 Å². The normalized spacial score (nSPS) is 19.1. The maximum absolute atomic E-state index is 16.0. The molecule has 0 spiro atoms. The number of nitrogens with zero attached hydrogens (tertiary/aromatic N) is 3. The fourth-order valence-electron chi connectivity index (χ4n) is 8.29. The first-order valence-electron chi connectivity index (χ1n) is 20.0. The number of likely N-dealkylation sites (tertiary alicyclic amines) is 1. The van der Waals surface area contributed by atoms with Gasteiger partial charge in [-0.1, -0.05) is 32.0 Å². The van der Waals surface area contributed by atoms with Crippen LogP contribution in [0, 0.1) is 11.7 Å². The zero-order valence-corrected chi connectivity index (χ0v) is 36.6. The lowest BCUT2D eigenvalue weighted by molar-refractivity contribution is -0.136. The number of fused-ring (bicyclic) bond motifs is 2. The molecule has 3 heterocycles. The fourth-order valence-corrected chi connectivity index (χ4v) is 13.2. The molecule has 1 aromatic heterocycles. The van der Waals surface area contributed by atoms with Crippen molar-refractivity contribution in [3.8, 4) is 11.5 Å². The number of halogens is 1. The lowest BCUT2D eigenvalue weighted by atomic mass is 9.80. The molecule has 0 bridgehead atoms. The molecule has 1 amide bonds. The van der Waals surface area contributed by atoms with Crippen molar-refractivity contribution in [1.82, 2.24) is 9.47 Å². The van der Waals surface area contributed by atoms with E-state index >= 15 is 4.39 Å². The maximum atomic E-state index is 16.0. The highest BCUT2D eigenvalue weighted by molar-refractivity contribution is 7.73. The Bertz CT molecular complexity index is 2180. The van der Waals surface area contributed by atoms with Crippen LogP contribution in [0.4, 0.5) is 10.1 Å². The Balaban J connectivity index is 0.000000376. The van der Waals surface area contributed by atoms with Crippen molar-refractivity contribution in [2.24, 2.45) is 5.92 Å². The van der Waals surface area contributed by atoms with Gasteiger partial charge in [0.1, 0.15) is 22.9 Å². The average molecular weight is 864 g/mol. The van der Waals surface area contributed by atoms with Gasteiger partial charge in [0.25, 0.3) is 6.47 Å². The molecule has 59 heavy (non-hydrogen) atoms. The monoisotopic (exact) mass is 863 g/mol. The zero-order valence-electron chi connectivity index (χ0n) is 34.8. The number of amides is 1. The molecule has 324 valence electrons. The van der Waals surface area contributed by atoms with Crippen LogP contribution in [0.25, 0.3) is 10.9 Å². The van der Waals surface area contributed by atoms with E-state index in [1.54, 1.807) is 37.5 Å². The van der Waals surface area contributed by atoms with E-state index < -0.39 is 43.2 Å². The molecule has 0 radical (unpaired) electrons. The number of carboxylic acids is 1. The standard InChI is InChI=1S/C33H36FN3O7.C8H20O5P2/c1-33(2,23-8-4-5-9-26(23)44-18-38)14-27(39)36-12-6-7-19-15-35(17-25(19)36)29-24(34)13-21-28(31(29)43-3)37(20-10-11-20)16-22(30(21)40)32(41)42;1-5-11-14(4,9)8-15(10,12-6-2)13-7-3/h4-5,8-9,13,16,18-20,25H,6-7,10-12,14-15,17H2,1-3H3,(H,41,42);5-8H2,1-4H3/t19-,25+;/m0./s1. The number of ether oxygens (including phenoxy) is 2. The highest BCUT2D eigenvalue weighted by Gasteiger charge is 2.44. The molecule has 1 unspecified atom stereocenters. The summed E-state index contributed by atoms with van der Waals surface area (Å²) in [6, 6.07) is 8.18. The van der Waals surface area contributed by atoms with Gasteiger partial charge in [0.05, 0.1) is 43.9 Å². The van der Waals surface area contributed by atoms with Crippen molar-refractivity contribution in [3.05, 3.63) is 63.7 Å². The molecule has 1 saturated carbocycles. The van der Waals surface area contributed by atoms with Gasteiger partial charge in [-0.3, -0.25) is 23.5 Å². The highest BCUT2D eigenvalue weighted by Crippen LogP contribution is 2.61. The van der Waals surface area contributed by atoms with E-state index in [0.29, 0.717) is 44.0 Å². The molecule has 2 saturated heterocycles. The van der Waals surface area contributed by atoms with Crippen LogP contribution < -0.4 is 19.8 Å². The summed E-state index contributed by atoms with van der Waals surface area (Å²) in [6.45, 7) is 13.2. The minimum absolute atomic E-state index is 0.00287. The molecule has 15 nitrogen and oxygen atoms in total. The van der Waals surface area contributed by atoms with Crippen LogP contribution in [0.2, 0.25) is 0 Å². The van der Waals surface area contributed by atoms with Gasteiger partial charge in [0.15, 0.2) is 11.6 Å². The topological polar surface area (TPSA) is 180 Å². The summed E-state index contributed by atoms with van der Waals surface area (Å²) < 4.78 is 67.7. The second-order valence-corrected chi connectivity index (χ2v) is 20.9. The molecule has 3 atom stereocenters. The number of rotatable bonds is 17. The van der Waals surface area contributed by atoms with E-state index in [4.69, 9.17) is 23.0 Å². The number of methoxy groups -OCH3 is 1. The summed E-state index contributed by atoms with van der Waals surface area (Å²) in [5, 5.41) is 9.61. The summed E-state index contributed by atoms with van der Waals surface area (Å²) in [5.41, 5.74) is -0.387. The molecule has 3 fully saturated rings. The molecule has 1 aliphatic carbocycles. The number of carboxylic acid groups (broad SMARTS) is 1. The van der Waals surface area contributed by atoms with E-state index in [-0.39, 0.29) is 66.3 Å². The minimum Gasteiger partial charge on any atom is -0.492 e. The third kappa shape index (κ3) is 10.5. The number of aromatic nitrogens is 1. The maximum Gasteiger partial charge on any atom is 0.341 e. The van der Waals surface area contributed by atoms with Crippen molar-refractivity contribution < 1.29 is 56.1 Å². The van der Waals surface area contributed by atoms with Crippen molar-refractivity contribution in [2.75, 3.05) is 64.0 Å². The van der Waals surface area contributed by atoms with Gasteiger partial charge in [0, 0.05) is 55.9 Å². The van der Waals surface area contributed by atoms with E-state index in [9.17, 15) is 33.4 Å². The Morgan fingerprint density at radius 1 is 1.02 bits per heavy atom. The van der Waals surface area contributed by atoms with E-state index in [2.05, 4.69) is 0 Å². The molecule has 3 aromatic rings. The van der Waals surface area contributed by atoms with Crippen LogP contribution in [0.3, 0.4) is 0 Å². The minimum atomic E-state index is -3.26. The summed E-state index contributed by atoms with van der Waals surface area (Å²) in [7, 11) is -4.72. The first-order valence-corrected chi connectivity index (χ1v) is 23.9. The molecular formula is C41H56FN3O12P2. The first kappa shape index (κ1) is 46.0. The number of carbonyl (C=O) groups excluding carboxylic acids is 2. The first-order chi connectivity index (χ1) is 27.9. The molecule has 18 heteroatoms. The summed E-state index contributed by atoms with van der Waals surface area (Å²) in [5.74, 6) is -1.47. The SMILES string of the molecule is CCOP(C)(=O)CP(=O)(OCC)OCC.COc1c(N2C[C@@H]3CCCN(C(=O)CC(C)(C)c4ccccc4OC=O)[C@@H]3C2)c(F)cc2c(=O)c(C(=O)O)cn(C3CC3)c12. The third-order valence-corrected chi connectivity index (χ3v) is 16.4. The van der Waals surface area contributed by atoms with E-state index in [1.165, 1.54) is 20.0 Å². The highest BCUT2D eigenvalue weighted by atomic mass is 31.2. The van der Waals surface area contributed by atoms with E-state index in [1.807, 2.05) is 35.8 Å². The number of aromatic carboxylic acids is 1.